The number of ether oxygens (including phenoxy) is 1. The normalized spacial score (nSPS) is 13.0. The first kappa shape index (κ1) is 17.4. The fraction of sp³-hybridized carbons (Fsp3) is 0.278. The molecule has 1 unspecified atom stereocenters. The number of benzene rings is 2. The molecule has 2 aromatic carbocycles. The Morgan fingerprint density at radius 1 is 1.20 bits per heavy atom. The average molecular weight is 359 g/mol. The zero-order valence-electron chi connectivity index (χ0n) is 14.2. The van der Waals surface area contributed by atoms with Crippen LogP contribution in [0.4, 0.5) is 0 Å². The van der Waals surface area contributed by atoms with Gasteiger partial charge >= 0.3 is 0 Å². The molecule has 0 saturated heterocycles. The molecule has 1 heterocycles. The Kier molecular flexibility index (Phi) is 5.06. The molecule has 0 saturated carbocycles. The number of rotatable bonds is 7. The Morgan fingerprint density at radius 2 is 1.96 bits per heavy atom. The second-order valence-corrected chi connectivity index (χ2v) is 7.62. The summed E-state index contributed by atoms with van der Waals surface area (Å²) < 4.78 is 32.3. The second-order valence-electron chi connectivity index (χ2n) is 5.85. The molecular formula is C18H21N3O3S. The van der Waals surface area contributed by atoms with Gasteiger partial charge in [0, 0.05) is 11.4 Å². The highest BCUT2D eigenvalue weighted by Crippen LogP contribution is 2.24. The number of nitrogens with zero attached hydrogens (tertiary/aromatic N) is 2. The maximum Gasteiger partial charge on any atom is 0.283 e. The molecule has 0 aliphatic rings. The lowest BCUT2D eigenvalue weighted by Gasteiger charge is -2.11. The molecule has 3 aromatic rings. The first-order valence-electron chi connectivity index (χ1n) is 8.11. The molecule has 0 aliphatic heterocycles. The van der Waals surface area contributed by atoms with Crippen LogP contribution < -0.4 is 10.1 Å². The van der Waals surface area contributed by atoms with E-state index >= 15 is 0 Å². The van der Waals surface area contributed by atoms with Crippen LogP contribution in [0.3, 0.4) is 0 Å². The Balaban J connectivity index is 1.86. The molecule has 0 fully saturated rings. The van der Waals surface area contributed by atoms with Crippen molar-refractivity contribution in [3.05, 3.63) is 54.7 Å². The third-order valence-corrected chi connectivity index (χ3v) is 5.70. The largest absolute Gasteiger partial charge is 0.494 e. The lowest BCUT2D eigenvalue weighted by Crippen LogP contribution is -2.23. The van der Waals surface area contributed by atoms with E-state index in [1.807, 2.05) is 13.1 Å². The molecule has 1 atom stereocenters. The van der Waals surface area contributed by atoms with Gasteiger partial charge in [-0.05, 0) is 50.7 Å². The zero-order chi connectivity index (χ0) is 17.9. The molecule has 1 aromatic heterocycles. The Labute approximate surface area is 147 Å². The summed E-state index contributed by atoms with van der Waals surface area (Å²) in [6.07, 6.45) is 2.43. The summed E-state index contributed by atoms with van der Waals surface area (Å²) in [7, 11) is -1.80. The molecule has 132 valence electrons. The van der Waals surface area contributed by atoms with Gasteiger partial charge in [0.1, 0.15) is 5.75 Å². The van der Waals surface area contributed by atoms with Gasteiger partial charge in [-0.2, -0.15) is 17.6 Å². The quantitative estimate of drug-likeness (QED) is 0.702. The minimum atomic E-state index is -3.71. The highest BCUT2D eigenvalue weighted by molar-refractivity contribution is 7.90. The van der Waals surface area contributed by atoms with Crippen LogP contribution in [0, 0.1) is 0 Å². The van der Waals surface area contributed by atoms with Crippen LogP contribution in [0.5, 0.6) is 5.75 Å². The zero-order valence-corrected chi connectivity index (χ0v) is 15.0. The Morgan fingerprint density at radius 3 is 2.68 bits per heavy atom. The van der Waals surface area contributed by atoms with Gasteiger partial charge in [-0.1, -0.05) is 18.2 Å². The fourth-order valence-electron chi connectivity index (χ4n) is 2.46. The van der Waals surface area contributed by atoms with E-state index in [0.29, 0.717) is 23.9 Å². The predicted octanol–water partition coefficient (Wildman–Crippen LogP) is 2.65. The summed E-state index contributed by atoms with van der Waals surface area (Å²) in [6, 6.07) is 14.0. The Bertz CT molecular complexity index is 952. The van der Waals surface area contributed by atoms with Gasteiger partial charge in [0.25, 0.3) is 10.0 Å². The van der Waals surface area contributed by atoms with E-state index in [0.717, 1.165) is 15.9 Å². The van der Waals surface area contributed by atoms with E-state index in [1.165, 1.54) is 0 Å². The molecule has 1 N–H and O–H groups in total. The van der Waals surface area contributed by atoms with Gasteiger partial charge in [-0.25, -0.2) is 0 Å². The van der Waals surface area contributed by atoms with Crippen LogP contribution in [-0.4, -0.2) is 37.3 Å². The maximum atomic E-state index is 12.7. The van der Waals surface area contributed by atoms with Gasteiger partial charge in [0.15, 0.2) is 0 Å². The lowest BCUT2D eigenvalue weighted by molar-refractivity contribution is 0.294. The molecule has 3 rings (SSSR count). The lowest BCUT2D eigenvalue weighted by atomic mass is 10.2. The van der Waals surface area contributed by atoms with Crippen molar-refractivity contribution in [1.29, 1.82) is 0 Å². The molecule has 7 heteroatoms. The van der Waals surface area contributed by atoms with Crippen molar-refractivity contribution in [1.82, 2.24) is 14.5 Å². The maximum absolute atomic E-state index is 12.7. The molecule has 25 heavy (non-hydrogen) atoms. The van der Waals surface area contributed by atoms with E-state index in [1.54, 1.807) is 48.7 Å². The van der Waals surface area contributed by atoms with Gasteiger partial charge in [-0.15, -0.1) is 0 Å². The summed E-state index contributed by atoms with van der Waals surface area (Å²) in [6.45, 7) is 2.68. The second kappa shape index (κ2) is 7.25. The van der Waals surface area contributed by atoms with Crippen molar-refractivity contribution >= 4 is 20.9 Å². The minimum absolute atomic E-state index is 0.210. The smallest absolute Gasteiger partial charge is 0.283 e. The molecule has 6 nitrogen and oxygen atoms in total. The summed E-state index contributed by atoms with van der Waals surface area (Å²) >= 11 is 0. The SMILES string of the molecule is CNC(C)CCOc1ccc2c(cnn2S(=O)(=O)c2ccccc2)c1. The van der Waals surface area contributed by atoms with Gasteiger partial charge in [0.2, 0.25) is 0 Å². The third kappa shape index (κ3) is 3.67. The van der Waals surface area contributed by atoms with E-state index < -0.39 is 10.0 Å². The van der Waals surface area contributed by atoms with Crippen LogP contribution in [0.1, 0.15) is 13.3 Å². The number of aromatic nitrogens is 2. The molecule has 0 amide bonds. The Hall–Kier alpha value is -2.38. The number of hydrogen-bond donors (Lipinski definition) is 1. The number of nitrogens with one attached hydrogen (secondary N) is 1. The van der Waals surface area contributed by atoms with Crippen molar-refractivity contribution in [3.63, 3.8) is 0 Å². The summed E-state index contributed by atoms with van der Waals surface area (Å²) in [4.78, 5) is 0.210. The highest BCUT2D eigenvalue weighted by Gasteiger charge is 2.20. The molecule has 0 radical (unpaired) electrons. The first-order valence-corrected chi connectivity index (χ1v) is 9.55. The standard InChI is InChI=1S/C18H21N3O3S/c1-14(19-2)10-11-24-16-8-9-18-15(12-16)13-20-21(18)25(22,23)17-6-4-3-5-7-17/h3-9,12-14,19H,10-11H2,1-2H3. The summed E-state index contributed by atoms with van der Waals surface area (Å²) in [5.74, 6) is 0.701. The van der Waals surface area contributed by atoms with E-state index in [2.05, 4.69) is 17.3 Å². The first-order chi connectivity index (χ1) is 12.0. The predicted molar refractivity (Wildman–Crippen MR) is 97.4 cm³/mol. The summed E-state index contributed by atoms with van der Waals surface area (Å²) in [5, 5.41) is 7.95. The highest BCUT2D eigenvalue weighted by atomic mass is 32.2. The van der Waals surface area contributed by atoms with Crippen molar-refractivity contribution in [2.45, 2.75) is 24.3 Å². The van der Waals surface area contributed by atoms with E-state index in [-0.39, 0.29) is 4.90 Å². The van der Waals surface area contributed by atoms with Gasteiger partial charge in [-0.3, -0.25) is 0 Å². The van der Waals surface area contributed by atoms with E-state index in [9.17, 15) is 8.42 Å². The molecule has 0 aliphatic carbocycles. The minimum Gasteiger partial charge on any atom is -0.494 e. The van der Waals surface area contributed by atoms with Gasteiger partial charge in [0.05, 0.1) is 23.2 Å². The van der Waals surface area contributed by atoms with Crippen molar-refractivity contribution in [3.8, 4) is 5.75 Å². The topological polar surface area (TPSA) is 73.2 Å². The monoisotopic (exact) mass is 359 g/mol. The van der Waals surface area contributed by atoms with Crippen molar-refractivity contribution in [2.24, 2.45) is 0 Å². The molecular weight excluding hydrogens is 338 g/mol. The van der Waals surface area contributed by atoms with Crippen LogP contribution in [0.2, 0.25) is 0 Å². The molecule has 0 spiro atoms. The fourth-order valence-corrected chi connectivity index (χ4v) is 3.76. The van der Waals surface area contributed by atoms with Crippen LogP contribution >= 0.6 is 0 Å². The van der Waals surface area contributed by atoms with Gasteiger partial charge < -0.3 is 10.1 Å². The van der Waals surface area contributed by atoms with Crippen LogP contribution in [0.25, 0.3) is 10.9 Å². The van der Waals surface area contributed by atoms with E-state index in [4.69, 9.17) is 4.74 Å². The van der Waals surface area contributed by atoms with Crippen LogP contribution in [0.15, 0.2) is 59.6 Å². The third-order valence-electron chi connectivity index (χ3n) is 4.09. The molecule has 0 bridgehead atoms. The van der Waals surface area contributed by atoms with Crippen molar-refractivity contribution < 1.29 is 13.2 Å². The number of fused-ring (bicyclic) bond motifs is 1. The summed E-state index contributed by atoms with van der Waals surface area (Å²) in [5.41, 5.74) is 0.528. The van der Waals surface area contributed by atoms with Crippen molar-refractivity contribution in [2.75, 3.05) is 13.7 Å². The average Bonchev–Trinajstić information content (AvgIpc) is 3.06. The van der Waals surface area contributed by atoms with Crippen LogP contribution in [-0.2, 0) is 10.0 Å². The number of hydrogen-bond acceptors (Lipinski definition) is 5.